The van der Waals surface area contributed by atoms with Crippen molar-refractivity contribution in [2.24, 2.45) is 0 Å². The Balaban J connectivity index is 0. The van der Waals surface area contributed by atoms with Gasteiger partial charge in [0.15, 0.2) is 0 Å². The SMILES string of the molecule is FOF.[Ar]. The molecule has 0 bridgehead atoms. The van der Waals surface area contributed by atoms with E-state index in [1.54, 1.807) is 0 Å². The van der Waals surface area contributed by atoms with Crippen LogP contribution in [0.3, 0.4) is 0 Å². The van der Waals surface area contributed by atoms with E-state index in [1.165, 1.54) is 5.15 Å². The van der Waals surface area contributed by atoms with E-state index in [9.17, 15) is 0 Å². The van der Waals surface area contributed by atoms with Crippen molar-refractivity contribution in [2.45, 2.75) is 0 Å². The van der Waals surface area contributed by atoms with Gasteiger partial charge in [0.05, 0.1) is 0 Å². The van der Waals surface area contributed by atoms with Gasteiger partial charge in [-0.15, -0.1) is 0 Å². The molecular weight excluding hydrogens is 93.9 g/mol. The monoisotopic (exact) mass is 94.0 g/mol. The minimum atomic E-state index is 0. The molecule has 0 amide bonds. The fourth-order valence-corrected chi connectivity index (χ4v) is 0. The predicted molar refractivity (Wildman–Crippen MR) is 3.30 cm³/mol. The topological polar surface area (TPSA) is 9.23 Å². The second-order valence-corrected chi connectivity index (χ2v) is 0.0583. The summed E-state index contributed by atoms with van der Waals surface area (Å²) in [5.74, 6) is 0. The van der Waals surface area contributed by atoms with Crippen LogP contribution in [-0.2, 0) is 5.15 Å². The van der Waals surface area contributed by atoms with Crippen LogP contribution in [0.15, 0.2) is 0 Å². The van der Waals surface area contributed by atoms with Gasteiger partial charge in [0.1, 0.15) is 0 Å². The summed E-state index contributed by atoms with van der Waals surface area (Å²) in [5.41, 5.74) is 0. The molecule has 0 saturated heterocycles. The summed E-state index contributed by atoms with van der Waals surface area (Å²) in [6, 6.07) is 0. The largest absolute Gasteiger partial charge is 0.0209 e. The van der Waals surface area contributed by atoms with Crippen LogP contribution in [0.1, 0.15) is 0 Å². The van der Waals surface area contributed by atoms with Crippen LogP contribution in [0, 0.1) is 37.7 Å². The van der Waals surface area contributed by atoms with Crippen molar-refractivity contribution in [3.8, 4) is 0 Å². The normalized spacial score (nSPS) is 4.50. The van der Waals surface area contributed by atoms with Crippen LogP contribution >= 0.6 is 0 Å². The third-order valence-corrected chi connectivity index (χ3v) is 0. The first-order valence-corrected chi connectivity index (χ1v) is 0.309. The summed E-state index contributed by atoms with van der Waals surface area (Å²) < 4.78 is 18.2. The maximum absolute atomic E-state index is 9.12. The Bertz CT molecular complexity index is 6.00. The van der Waals surface area contributed by atoms with E-state index >= 15 is 0 Å². The van der Waals surface area contributed by atoms with Crippen molar-refractivity contribution >= 4 is 0 Å². The molecule has 4 heavy (non-hydrogen) atoms. The van der Waals surface area contributed by atoms with Gasteiger partial charge in [-0.1, -0.05) is 0 Å². The molecule has 4 heteroatoms. The zero-order valence-electron chi connectivity index (χ0n) is 1.52. The average Bonchev–Trinajstić information content (AvgIpc) is 0.918. The Morgan fingerprint density at radius 1 is 1.25 bits per heavy atom. The van der Waals surface area contributed by atoms with E-state index in [0.717, 1.165) is 0 Å². The van der Waals surface area contributed by atoms with Crippen LogP contribution in [0.25, 0.3) is 0 Å². The molecular formula is ArF2O. The van der Waals surface area contributed by atoms with Gasteiger partial charge in [0, 0.05) is 42.9 Å². The molecule has 28 valence electrons. The molecule has 0 aliphatic rings. The minimum Gasteiger partial charge on any atom is -0.0104 e. The van der Waals surface area contributed by atoms with E-state index in [0.29, 0.717) is 0 Å². The molecule has 0 aromatic carbocycles. The quantitative estimate of drug-likeness (QED) is 0.430. The van der Waals surface area contributed by atoms with Crippen molar-refractivity contribution in [3.63, 3.8) is 0 Å². The minimum absolute atomic E-state index is 0. The molecule has 0 N–H and O–H groups in total. The van der Waals surface area contributed by atoms with Gasteiger partial charge in [0.2, 0.25) is 0 Å². The van der Waals surface area contributed by atoms with Gasteiger partial charge < -0.3 is 0 Å². The van der Waals surface area contributed by atoms with Crippen molar-refractivity contribution in [2.75, 3.05) is 0 Å². The predicted octanol–water partition coefficient (Wildman–Crippen LogP) is 0.772. The zero-order valence-corrected chi connectivity index (χ0v) is 2.22. The van der Waals surface area contributed by atoms with Gasteiger partial charge in [-0.3, -0.25) is 0 Å². The fourth-order valence-electron chi connectivity index (χ4n) is 0. The number of hydrogen-bond donors (Lipinski definition) is 0. The van der Waals surface area contributed by atoms with Gasteiger partial charge >= 0.3 is 0 Å². The van der Waals surface area contributed by atoms with Crippen LogP contribution in [0.4, 0.5) is 9.05 Å². The van der Waals surface area contributed by atoms with Crippen molar-refractivity contribution < 1.29 is 51.9 Å². The Morgan fingerprint density at radius 3 is 1.25 bits per heavy atom. The van der Waals surface area contributed by atoms with Crippen LogP contribution in [-0.4, -0.2) is 0 Å². The molecule has 0 heterocycles. The van der Waals surface area contributed by atoms with Gasteiger partial charge in [-0.25, -0.2) is 0 Å². The van der Waals surface area contributed by atoms with E-state index in [-0.39, 0.29) is 37.7 Å². The van der Waals surface area contributed by atoms with E-state index < -0.39 is 0 Å². The molecule has 0 spiro atoms. The van der Waals surface area contributed by atoms with Crippen molar-refractivity contribution in [1.82, 2.24) is 0 Å². The maximum Gasteiger partial charge on any atom is 0.0209 e. The molecule has 0 fully saturated rings. The van der Waals surface area contributed by atoms with Gasteiger partial charge in [-0.2, -0.15) is 0 Å². The third kappa shape index (κ3) is 11.4. The first kappa shape index (κ1) is 8.91. The van der Waals surface area contributed by atoms with E-state index in [4.69, 9.17) is 9.05 Å². The molecule has 0 aliphatic heterocycles. The van der Waals surface area contributed by atoms with Crippen LogP contribution in [0.5, 0.6) is 0 Å². The molecule has 0 saturated carbocycles. The summed E-state index contributed by atoms with van der Waals surface area (Å²) in [7, 11) is 0. The summed E-state index contributed by atoms with van der Waals surface area (Å²) in [5, 5.41) is 1.25. The Morgan fingerprint density at radius 2 is 1.25 bits per heavy atom. The smallest absolute Gasteiger partial charge is 0.0104 e. The Labute approximate surface area is 51.7 Å². The second-order valence-electron chi connectivity index (χ2n) is 0.0583. The molecule has 0 radical (unpaired) electrons. The van der Waals surface area contributed by atoms with Gasteiger partial charge in [0.25, 0.3) is 0 Å². The Hall–Kier alpha value is 1.08. The molecule has 0 aliphatic carbocycles. The molecule has 0 atom stereocenters. The van der Waals surface area contributed by atoms with Crippen molar-refractivity contribution in [3.05, 3.63) is 0 Å². The molecule has 0 aromatic heterocycles. The zero-order chi connectivity index (χ0) is 2.71. The number of hydrogen-bond acceptors (Lipinski definition) is 1. The summed E-state index contributed by atoms with van der Waals surface area (Å²) in [4.78, 5) is 0. The number of halogens is 2. The average molecular weight is 93.9 g/mol. The van der Waals surface area contributed by atoms with Crippen LogP contribution in [0.2, 0.25) is 0 Å². The molecule has 0 rings (SSSR count). The van der Waals surface area contributed by atoms with Crippen molar-refractivity contribution in [1.29, 1.82) is 0 Å². The molecule has 0 aromatic rings. The first-order chi connectivity index (χ1) is 1.41. The number of rotatable bonds is 0. The first-order valence-electron chi connectivity index (χ1n) is 0.309. The third-order valence-electron chi connectivity index (χ3n) is 0. The summed E-state index contributed by atoms with van der Waals surface area (Å²) in [6.45, 7) is 0. The second kappa shape index (κ2) is 8.95. The fraction of sp³-hybridized carbons (Fsp3) is 0. The Kier molecular flexibility index (Phi) is 19.9. The summed E-state index contributed by atoms with van der Waals surface area (Å²) in [6.07, 6.45) is 0. The van der Waals surface area contributed by atoms with Crippen LogP contribution < -0.4 is 0 Å². The molecule has 0 unspecified atom stereocenters. The summed E-state index contributed by atoms with van der Waals surface area (Å²) >= 11 is 0. The van der Waals surface area contributed by atoms with E-state index in [1.807, 2.05) is 0 Å². The van der Waals surface area contributed by atoms with E-state index in [2.05, 4.69) is 0 Å². The van der Waals surface area contributed by atoms with Gasteiger partial charge in [-0.05, 0) is 9.05 Å². The maximum atomic E-state index is 9.12. The molecule has 1 nitrogen and oxygen atoms in total. The standard InChI is InChI=1S/Ar.F2O/c;1-3-2.